The van der Waals surface area contributed by atoms with E-state index in [4.69, 9.17) is 15.2 Å². The maximum atomic E-state index is 5.80. The average Bonchev–Trinajstić information content (AvgIpc) is 2.33. The number of nitrogen functional groups attached to an aromatic ring is 1. The van der Waals surface area contributed by atoms with Crippen molar-refractivity contribution in [2.24, 2.45) is 0 Å². The maximum Gasteiger partial charge on any atom is 0.222 e. The van der Waals surface area contributed by atoms with E-state index in [1.54, 1.807) is 37.6 Å². The predicted octanol–water partition coefficient (Wildman–Crippen LogP) is 1.86. The lowest BCUT2D eigenvalue weighted by Crippen LogP contribution is -1.94. The van der Waals surface area contributed by atoms with E-state index in [9.17, 15) is 0 Å². The zero-order chi connectivity index (χ0) is 11.4. The van der Waals surface area contributed by atoms with Gasteiger partial charge in [0.15, 0.2) is 5.75 Å². The van der Waals surface area contributed by atoms with Gasteiger partial charge in [0.1, 0.15) is 12.1 Å². The molecular formula is C11H11N3O2. The van der Waals surface area contributed by atoms with E-state index in [0.29, 0.717) is 23.1 Å². The predicted molar refractivity (Wildman–Crippen MR) is 59.5 cm³/mol. The molecule has 2 rings (SSSR count). The lowest BCUT2D eigenvalue weighted by atomic mass is 10.3. The van der Waals surface area contributed by atoms with Crippen LogP contribution in [0.4, 0.5) is 5.69 Å². The summed E-state index contributed by atoms with van der Waals surface area (Å²) in [6.07, 6.45) is 3.01. The smallest absolute Gasteiger partial charge is 0.222 e. The molecule has 0 amide bonds. The molecule has 0 atom stereocenters. The minimum Gasteiger partial charge on any atom is -0.497 e. The van der Waals surface area contributed by atoms with Crippen LogP contribution in [0.2, 0.25) is 0 Å². The lowest BCUT2D eigenvalue weighted by Gasteiger charge is -2.08. The van der Waals surface area contributed by atoms with Crippen molar-refractivity contribution in [1.29, 1.82) is 0 Å². The summed E-state index contributed by atoms with van der Waals surface area (Å²) in [7, 11) is 1.58. The Morgan fingerprint density at radius 1 is 1.25 bits per heavy atom. The molecule has 1 aromatic carbocycles. The number of hydrogen-bond acceptors (Lipinski definition) is 5. The Hall–Kier alpha value is -2.30. The Morgan fingerprint density at radius 3 is 2.75 bits per heavy atom. The van der Waals surface area contributed by atoms with E-state index in [-0.39, 0.29) is 0 Å². The molecule has 0 aliphatic heterocycles. The molecule has 1 heterocycles. The van der Waals surface area contributed by atoms with Crippen LogP contribution in [-0.4, -0.2) is 17.1 Å². The van der Waals surface area contributed by atoms with Crippen LogP contribution in [0.1, 0.15) is 0 Å². The highest BCUT2D eigenvalue weighted by Gasteiger charge is 2.04. The van der Waals surface area contributed by atoms with Crippen LogP contribution in [0.15, 0.2) is 36.8 Å². The van der Waals surface area contributed by atoms with Crippen LogP contribution >= 0.6 is 0 Å². The fraction of sp³-hybridized carbons (Fsp3) is 0.0909. The highest BCUT2D eigenvalue weighted by atomic mass is 16.5. The van der Waals surface area contributed by atoms with Gasteiger partial charge in [-0.1, -0.05) is 0 Å². The van der Waals surface area contributed by atoms with E-state index in [0.717, 1.165) is 0 Å². The topological polar surface area (TPSA) is 70.3 Å². The van der Waals surface area contributed by atoms with Gasteiger partial charge in [-0.3, -0.25) is 0 Å². The zero-order valence-electron chi connectivity index (χ0n) is 8.75. The van der Waals surface area contributed by atoms with Gasteiger partial charge in [-0.15, -0.1) is 0 Å². The minimum atomic E-state index is 0.451. The third-order valence-corrected chi connectivity index (χ3v) is 1.99. The third-order valence-electron chi connectivity index (χ3n) is 1.99. The molecule has 2 aromatic rings. The van der Waals surface area contributed by atoms with Crippen LogP contribution in [0.25, 0.3) is 0 Å². The standard InChI is InChI=1S/C11H11N3O2/c1-15-8-2-3-10(9(12)6-8)16-11-4-5-13-7-14-11/h2-7H,12H2,1H3. The number of hydrogen-bond donors (Lipinski definition) is 1. The molecule has 16 heavy (non-hydrogen) atoms. The Kier molecular flexibility index (Phi) is 2.86. The second kappa shape index (κ2) is 4.48. The summed E-state index contributed by atoms with van der Waals surface area (Å²) in [4.78, 5) is 7.73. The van der Waals surface area contributed by atoms with Crippen LogP contribution in [0, 0.1) is 0 Å². The molecule has 0 aliphatic carbocycles. The Labute approximate surface area is 92.9 Å². The van der Waals surface area contributed by atoms with Gasteiger partial charge in [0.05, 0.1) is 12.8 Å². The number of rotatable bonds is 3. The molecule has 0 bridgehead atoms. The first-order valence-corrected chi connectivity index (χ1v) is 4.67. The van der Waals surface area contributed by atoms with Crippen molar-refractivity contribution in [2.45, 2.75) is 0 Å². The van der Waals surface area contributed by atoms with E-state index < -0.39 is 0 Å². The van der Waals surface area contributed by atoms with Crippen molar-refractivity contribution >= 4 is 5.69 Å². The molecule has 0 saturated heterocycles. The molecule has 5 nitrogen and oxygen atoms in total. The molecule has 1 aromatic heterocycles. The van der Waals surface area contributed by atoms with Gasteiger partial charge in [0.25, 0.3) is 0 Å². The van der Waals surface area contributed by atoms with E-state index in [2.05, 4.69) is 9.97 Å². The van der Waals surface area contributed by atoms with Crippen molar-refractivity contribution in [3.8, 4) is 17.4 Å². The second-order valence-corrected chi connectivity index (χ2v) is 3.05. The first-order valence-electron chi connectivity index (χ1n) is 4.67. The molecule has 0 saturated carbocycles. The quantitative estimate of drug-likeness (QED) is 0.794. The Morgan fingerprint density at radius 2 is 2.12 bits per heavy atom. The Balaban J connectivity index is 2.22. The number of nitrogens with zero attached hydrogens (tertiary/aromatic N) is 2. The SMILES string of the molecule is COc1ccc(Oc2ccncn2)c(N)c1. The summed E-state index contributed by atoms with van der Waals surface area (Å²) < 4.78 is 10.5. The molecular weight excluding hydrogens is 206 g/mol. The van der Waals surface area contributed by atoms with Gasteiger partial charge in [0.2, 0.25) is 5.88 Å². The number of benzene rings is 1. The van der Waals surface area contributed by atoms with E-state index in [1.807, 2.05) is 0 Å². The molecule has 0 unspecified atom stereocenters. The summed E-state index contributed by atoms with van der Waals surface area (Å²) >= 11 is 0. The van der Waals surface area contributed by atoms with Crippen molar-refractivity contribution in [3.05, 3.63) is 36.8 Å². The molecule has 0 fully saturated rings. The number of anilines is 1. The molecule has 5 heteroatoms. The zero-order valence-corrected chi connectivity index (χ0v) is 8.75. The molecule has 2 N–H and O–H groups in total. The summed E-state index contributed by atoms with van der Waals surface area (Å²) in [6.45, 7) is 0. The van der Waals surface area contributed by atoms with Crippen LogP contribution in [0.3, 0.4) is 0 Å². The summed E-state index contributed by atoms with van der Waals surface area (Å²) in [5.74, 6) is 1.68. The van der Waals surface area contributed by atoms with Crippen molar-refractivity contribution in [2.75, 3.05) is 12.8 Å². The van der Waals surface area contributed by atoms with E-state index in [1.165, 1.54) is 6.33 Å². The summed E-state index contributed by atoms with van der Waals surface area (Å²) in [5.41, 5.74) is 6.29. The normalized spacial score (nSPS) is 9.81. The van der Waals surface area contributed by atoms with Gasteiger partial charge in [-0.2, -0.15) is 0 Å². The van der Waals surface area contributed by atoms with Crippen molar-refractivity contribution in [1.82, 2.24) is 9.97 Å². The number of ether oxygens (including phenoxy) is 2. The van der Waals surface area contributed by atoms with Crippen LogP contribution in [0.5, 0.6) is 17.4 Å². The third kappa shape index (κ3) is 2.20. The lowest BCUT2D eigenvalue weighted by molar-refractivity contribution is 0.412. The van der Waals surface area contributed by atoms with Crippen LogP contribution < -0.4 is 15.2 Å². The van der Waals surface area contributed by atoms with Crippen molar-refractivity contribution in [3.63, 3.8) is 0 Å². The van der Waals surface area contributed by atoms with Gasteiger partial charge in [-0.05, 0) is 12.1 Å². The van der Waals surface area contributed by atoms with Crippen molar-refractivity contribution < 1.29 is 9.47 Å². The fourth-order valence-electron chi connectivity index (χ4n) is 1.20. The van der Waals surface area contributed by atoms with Gasteiger partial charge in [-0.25, -0.2) is 9.97 Å². The van der Waals surface area contributed by atoms with Gasteiger partial charge >= 0.3 is 0 Å². The second-order valence-electron chi connectivity index (χ2n) is 3.05. The van der Waals surface area contributed by atoms with Gasteiger partial charge in [0, 0.05) is 18.3 Å². The molecule has 0 radical (unpaired) electrons. The highest BCUT2D eigenvalue weighted by molar-refractivity contribution is 5.57. The molecule has 0 aliphatic rings. The largest absolute Gasteiger partial charge is 0.497 e. The minimum absolute atomic E-state index is 0.451. The number of nitrogens with two attached hydrogens (primary N) is 1. The van der Waals surface area contributed by atoms with E-state index >= 15 is 0 Å². The first-order chi connectivity index (χ1) is 7.79. The Bertz CT molecular complexity index is 474. The highest BCUT2D eigenvalue weighted by Crippen LogP contribution is 2.29. The molecule has 82 valence electrons. The molecule has 0 spiro atoms. The number of aromatic nitrogens is 2. The van der Waals surface area contributed by atoms with Crippen LogP contribution in [-0.2, 0) is 0 Å². The average molecular weight is 217 g/mol. The fourth-order valence-corrected chi connectivity index (χ4v) is 1.20. The first kappa shape index (κ1) is 10.2. The summed E-state index contributed by atoms with van der Waals surface area (Å²) in [5, 5.41) is 0. The summed E-state index contributed by atoms with van der Waals surface area (Å²) in [6, 6.07) is 6.85. The maximum absolute atomic E-state index is 5.80. The monoisotopic (exact) mass is 217 g/mol. The van der Waals surface area contributed by atoms with Gasteiger partial charge < -0.3 is 15.2 Å². The number of methoxy groups -OCH3 is 1.